The van der Waals surface area contributed by atoms with E-state index in [0.29, 0.717) is 6.42 Å². The molecule has 1 aromatic carbocycles. The van der Waals surface area contributed by atoms with Crippen molar-refractivity contribution in [1.29, 1.82) is 0 Å². The largest absolute Gasteiger partial charge is 0.397 e. The third-order valence-electron chi connectivity index (χ3n) is 2.64. The van der Waals surface area contributed by atoms with Gasteiger partial charge in [-0.05, 0) is 32.4 Å². The van der Waals surface area contributed by atoms with Gasteiger partial charge in [-0.1, -0.05) is 30.1 Å². The molecule has 0 aliphatic rings. The second-order valence-electron chi connectivity index (χ2n) is 4.62. The molecule has 0 spiro atoms. The highest BCUT2D eigenvalue weighted by Crippen LogP contribution is 2.34. The van der Waals surface area contributed by atoms with Crippen LogP contribution in [0.25, 0.3) is 0 Å². The minimum Gasteiger partial charge on any atom is -0.397 e. The van der Waals surface area contributed by atoms with Crippen molar-refractivity contribution in [1.82, 2.24) is 4.72 Å². The summed E-state index contributed by atoms with van der Waals surface area (Å²) >= 11 is 11.8. The molecule has 0 heterocycles. The lowest BCUT2D eigenvalue weighted by Gasteiger charge is -2.24. The molecule has 0 amide bonds. The average molecular weight is 311 g/mol. The molecule has 18 heavy (non-hydrogen) atoms. The standard InChI is InChI=1S/C11H16Cl2N2O2S/c1-4-11(2,3)15-18(16,17)10-7(12)5-6-8(14)9(10)13/h5-6,15H,4,14H2,1-3H3. The summed E-state index contributed by atoms with van der Waals surface area (Å²) in [6.45, 7) is 5.43. The Hall–Kier alpha value is -0.490. The summed E-state index contributed by atoms with van der Waals surface area (Å²) in [7, 11) is -3.81. The van der Waals surface area contributed by atoms with Crippen molar-refractivity contribution in [2.75, 3.05) is 5.73 Å². The van der Waals surface area contributed by atoms with Crippen LogP contribution in [0.5, 0.6) is 0 Å². The maximum absolute atomic E-state index is 12.3. The normalized spacial score (nSPS) is 12.7. The number of nitrogens with one attached hydrogen (secondary N) is 1. The number of anilines is 1. The molecule has 0 radical (unpaired) electrons. The molecule has 0 atom stereocenters. The highest BCUT2D eigenvalue weighted by molar-refractivity contribution is 7.89. The summed E-state index contributed by atoms with van der Waals surface area (Å²) in [6.07, 6.45) is 0.629. The predicted octanol–water partition coefficient (Wildman–Crippen LogP) is 3.04. The Labute approximate surface area is 118 Å². The molecule has 102 valence electrons. The first-order valence-corrected chi connectivity index (χ1v) is 7.62. The summed E-state index contributed by atoms with van der Waals surface area (Å²) in [5, 5.41) is -0.00416. The molecule has 0 fully saturated rings. The Bertz CT molecular complexity index is 556. The van der Waals surface area contributed by atoms with Crippen LogP contribution in [0.1, 0.15) is 27.2 Å². The van der Waals surface area contributed by atoms with Gasteiger partial charge in [-0.3, -0.25) is 0 Å². The number of halogens is 2. The first-order valence-electron chi connectivity index (χ1n) is 5.38. The molecule has 1 rings (SSSR count). The van der Waals surface area contributed by atoms with Gasteiger partial charge in [0.05, 0.1) is 15.7 Å². The van der Waals surface area contributed by atoms with Crippen LogP contribution >= 0.6 is 23.2 Å². The number of sulfonamides is 1. The van der Waals surface area contributed by atoms with E-state index in [1.54, 1.807) is 13.8 Å². The lowest BCUT2D eigenvalue weighted by Crippen LogP contribution is -2.42. The van der Waals surface area contributed by atoms with Gasteiger partial charge in [0.15, 0.2) is 0 Å². The van der Waals surface area contributed by atoms with Crippen LogP contribution in [0.15, 0.2) is 17.0 Å². The number of nitrogen functional groups attached to an aromatic ring is 1. The maximum atomic E-state index is 12.3. The van der Waals surface area contributed by atoms with Crippen LogP contribution < -0.4 is 10.5 Å². The van der Waals surface area contributed by atoms with Gasteiger partial charge in [-0.25, -0.2) is 13.1 Å². The Morgan fingerprint density at radius 2 is 1.89 bits per heavy atom. The maximum Gasteiger partial charge on any atom is 0.244 e. The lowest BCUT2D eigenvalue weighted by molar-refractivity contribution is 0.439. The molecular weight excluding hydrogens is 295 g/mol. The zero-order valence-corrected chi connectivity index (χ0v) is 12.7. The fourth-order valence-electron chi connectivity index (χ4n) is 1.28. The van der Waals surface area contributed by atoms with E-state index >= 15 is 0 Å². The fraction of sp³-hybridized carbons (Fsp3) is 0.455. The molecule has 0 aliphatic carbocycles. The van der Waals surface area contributed by atoms with Gasteiger partial charge in [-0.15, -0.1) is 0 Å². The first kappa shape index (κ1) is 15.6. The number of hydrogen-bond acceptors (Lipinski definition) is 3. The monoisotopic (exact) mass is 310 g/mol. The predicted molar refractivity (Wildman–Crippen MR) is 75.6 cm³/mol. The van der Waals surface area contributed by atoms with Crippen LogP contribution in [0, 0.1) is 0 Å². The molecule has 1 aromatic rings. The van der Waals surface area contributed by atoms with E-state index in [9.17, 15) is 8.42 Å². The molecule has 3 N–H and O–H groups in total. The first-order chi connectivity index (χ1) is 8.10. The van der Waals surface area contributed by atoms with Gasteiger partial charge in [0.2, 0.25) is 10.0 Å². The van der Waals surface area contributed by atoms with Crippen molar-refractivity contribution in [3.8, 4) is 0 Å². The second kappa shape index (κ2) is 5.25. The Morgan fingerprint density at radius 1 is 1.33 bits per heavy atom. The van der Waals surface area contributed by atoms with Gasteiger partial charge < -0.3 is 5.73 Å². The van der Waals surface area contributed by atoms with Crippen molar-refractivity contribution in [2.45, 2.75) is 37.6 Å². The SMILES string of the molecule is CCC(C)(C)NS(=O)(=O)c1c(Cl)ccc(N)c1Cl. The van der Waals surface area contributed by atoms with Crippen molar-refractivity contribution in [3.63, 3.8) is 0 Å². The Kier molecular flexibility index (Phi) is 4.54. The molecule has 0 saturated carbocycles. The van der Waals surface area contributed by atoms with Crippen LogP contribution in [-0.2, 0) is 10.0 Å². The summed E-state index contributed by atoms with van der Waals surface area (Å²) in [4.78, 5) is -0.174. The topological polar surface area (TPSA) is 72.2 Å². The molecule has 0 bridgehead atoms. The van der Waals surface area contributed by atoms with Gasteiger partial charge in [-0.2, -0.15) is 0 Å². The summed E-state index contributed by atoms with van der Waals surface area (Å²) in [5.41, 5.74) is 5.19. The van der Waals surface area contributed by atoms with Crippen molar-refractivity contribution >= 4 is 38.9 Å². The smallest absolute Gasteiger partial charge is 0.244 e. The molecule has 0 unspecified atom stereocenters. The number of benzene rings is 1. The molecule has 7 heteroatoms. The fourth-order valence-corrected chi connectivity index (χ4v) is 3.91. The average Bonchev–Trinajstić information content (AvgIpc) is 2.22. The van der Waals surface area contributed by atoms with E-state index in [2.05, 4.69) is 4.72 Å². The van der Waals surface area contributed by atoms with E-state index in [1.807, 2.05) is 6.92 Å². The minimum absolute atomic E-state index is 0.0496. The van der Waals surface area contributed by atoms with Crippen LogP contribution in [-0.4, -0.2) is 14.0 Å². The minimum atomic E-state index is -3.81. The van der Waals surface area contributed by atoms with Crippen LogP contribution in [0.2, 0.25) is 10.0 Å². The van der Waals surface area contributed by atoms with Crippen molar-refractivity contribution in [3.05, 3.63) is 22.2 Å². The van der Waals surface area contributed by atoms with E-state index in [-0.39, 0.29) is 20.6 Å². The molecule has 0 aliphatic heterocycles. The van der Waals surface area contributed by atoms with E-state index in [0.717, 1.165) is 0 Å². The number of nitrogens with two attached hydrogens (primary N) is 1. The lowest BCUT2D eigenvalue weighted by atomic mass is 10.0. The Balaban J connectivity index is 3.34. The van der Waals surface area contributed by atoms with E-state index in [4.69, 9.17) is 28.9 Å². The van der Waals surface area contributed by atoms with Crippen molar-refractivity contribution in [2.24, 2.45) is 0 Å². The van der Waals surface area contributed by atoms with E-state index < -0.39 is 15.6 Å². The Morgan fingerprint density at radius 3 is 2.39 bits per heavy atom. The summed E-state index contributed by atoms with van der Waals surface area (Å²) in [6, 6.07) is 2.88. The zero-order chi connectivity index (χ0) is 14.1. The number of hydrogen-bond donors (Lipinski definition) is 2. The zero-order valence-electron chi connectivity index (χ0n) is 10.4. The van der Waals surface area contributed by atoms with Crippen molar-refractivity contribution < 1.29 is 8.42 Å². The second-order valence-corrected chi connectivity index (χ2v) is 7.03. The van der Waals surface area contributed by atoms with Gasteiger partial charge >= 0.3 is 0 Å². The van der Waals surface area contributed by atoms with E-state index in [1.165, 1.54) is 12.1 Å². The quantitative estimate of drug-likeness (QED) is 0.840. The van der Waals surface area contributed by atoms with Crippen LogP contribution in [0.4, 0.5) is 5.69 Å². The van der Waals surface area contributed by atoms with Gasteiger partial charge in [0, 0.05) is 5.54 Å². The molecule has 4 nitrogen and oxygen atoms in total. The summed E-state index contributed by atoms with van der Waals surface area (Å²) in [5.74, 6) is 0. The third kappa shape index (κ3) is 3.29. The van der Waals surface area contributed by atoms with Crippen LogP contribution in [0.3, 0.4) is 0 Å². The highest BCUT2D eigenvalue weighted by atomic mass is 35.5. The summed E-state index contributed by atoms with van der Waals surface area (Å²) < 4.78 is 27.1. The highest BCUT2D eigenvalue weighted by Gasteiger charge is 2.29. The molecule has 0 aromatic heterocycles. The molecular formula is C11H16Cl2N2O2S. The third-order valence-corrected chi connectivity index (χ3v) is 5.37. The van der Waals surface area contributed by atoms with Gasteiger partial charge in [0.1, 0.15) is 4.90 Å². The molecule has 0 saturated heterocycles. The number of rotatable bonds is 4. The van der Waals surface area contributed by atoms with Gasteiger partial charge in [0.25, 0.3) is 0 Å².